The molecule has 0 aromatic carbocycles. The van der Waals surface area contributed by atoms with Crippen LogP contribution in [0.1, 0.15) is 38.5 Å². The van der Waals surface area contributed by atoms with Crippen molar-refractivity contribution in [3.8, 4) is 0 Å². The van der Waals surface area contributed by atoms with Gasteiger partial charge in [-0.05, 0) is 38.5 Å². The molecule has 4 nitrogen and oxygen atoms in total. The first kappa shape index (κ1) is 10.9. The van der Waals surface area contributed by atoms with E-state index in [0.29, 0.717) is 0 Å². The van der Waals surface area contributed by atoms with E-state index in [4.69, 9.17) is 10.5 Å². The molecule has 1 amide bonds. The van der Waals surface area contributed by atoms with Gasteiger partial charge in [0.15, 0.2) is 0 Å². The van der Waals surface area contributed by atoms with Gasteiger partial charge in [-0.15, -0.1) is 0 Å². The zero-order chi connectivity index (χ0) is 10.7. The van der Waals surface area contributed by atoms with Crippen LogP contribution in [0, 0.1) is 0 Å². The largest absolute Gasteiger partial charge is 0.364 e. The van der Waals surface area contributed by atoms with Crippen molar-refractivity contribution >= 4 is 5.91 Å². The number of amides is 1. The van der Waals surface area contributed by atoms with E-state index in [9.17, 15) is 4.79 Å². The molecule has 15 heavy (non-hydrogen) atoms. The fourth-order valence-electron chi connectivity index (χ4n) is 2.38. The molecule has 0 spiro atoms. The highest BCUT2D eigenvalue weighted by Gasteiger charge is 2.30. The van der Waals surface area contributed by atoms with Crippen LogP contribution in [-0.2, 0) is 9.53 Å². The van der Waals surface area contributed by atoms with Crippen LogP contribution in [0.15, 0.2) is 0 Å². The zero-order valence-corrected chi connectivity index (χ0v) is 9.08. The van der Waals surface area contributed by atoms with Crippen molar-refractivity contribution in [1.29, 1.82) is 0 Å². The molecule has 3 N–H and O–H groups in total. The van der Waals surface area contributed by atoms with Gasteiger partial charge in [-0.1, -0.05) is 0 Å². The van der Waals surface area contributed by atoms with Crippen molar-refractivity contribution in [2.24, 2.45) is 5.73 Å². The van der Waals surface area contributed by atoms with Crippen LogP contribution in [0.3, 0.4) is 0 Å². The van der Waals surface area contributed by atoms with E-state index in [1.807, 2.05) is 0 Å². The van der Waals surface area contributed by atoms with Crippen LogP contribution in [0.5, 0.6) is 0 Å². The highest BCUT2D eigenvalue weighted by atomic mass is 16.5. The van der Waals surface area contributed by atoms with Crippen molar-refractivity contribution in [2.45, 2.75) is 56.8 Å². The molecule has 0 bridgehead atoms. The van der Waals surface area contributed by atoms with Crippen molar-refractivity contribution in [3.05, 3.63) is 0 Å². The summed E-state index contributed by atoms with van der Waals surface area (Å²) in [5.41, 5.74) is 5.92. The van der Waals surface area contributed by atoms with E-state index >= 15 is 0 Å². The standard InChI is InChI=1S/C11H20N2O2/c12-8-4-3-6-9(8)15-10-5-1-2-7-13-11(10)14/h8-10H,1-7,12H2,(H,13,14). The number of hydrogen-bond acceptors (Lipinski definition) is 3. The summed E-state index contributed by atoms with van der Waals surface area (Å²) in [7, 11) is 0. The van der Waals surface area contributed by atoms with Crippen LogP contribution < -0.4 is 11.1 Å². The summed E-state index contributed by atoms with van der Waals surface area (Å²) in [6, 6.07) is 0.126. The number of nitrogens with one attached hydrogen (secondary N) is 1. The fraction of sp³-hybridized carbons (Fsp3) is 0.909. The summed E-state index contributed by atoms with van der Waals surface area (Å²) in [5.74, 6) is 0.0478. The second-order valence-electron chi connectivity index (χ2n) is 4.54. The molecule has 1 aliphatic carbocycles. The van der Waals surface area contributed by atoms with Crippen LogP contribution in [-0.4, -0.2) is 30.7 Å². The zero-order valence-electron chi connectivity index (χ0n) is 9.08. The molecular weight excluding hydrogens is 192 g/mol. The Hall–Kier alpha value is -0.610. The SMILES string of the molecule is NC1CCCC1OC1CCCCNC1=O. The molecule has 1 saturated carbocycles. The monoisotopic (exact) mass is 212 g/mol. The summed E-state index contributed by atoms with van der Waals surface area (Å²) in [6.07, 6.45) is 5.95. The number of carbonyl (C=O) groups is 1. The van der Waals surface area contributed by atoms with Gasteiger partial charge in [0.2, 0.25) is 5.91 Å². The van der Waals surface area contributed by atoms with Crippen molar-refractivity contribution in [2.75, 3.05) is 6.54 Å². The molecule has 0 aromatic rings. The maximum Gasteiger partial charge on any atom is 0.249 e. The highest BCUT2D eigenvalue weighted by Crippen LogP contribution is 2.23. The Kier molecular flexibility index (Phi) is 3.59. The number of nitrogens with two attached hydrogens (primary N) is 1. The number of hydrogen-bond donors (Lipinski definition) is 2. The first-order chi connectivity index (χ1) is 7.27. The van der Waals surface area contributed by atoms with E-state index in [1.54, 1.807) is 0 Å². The van der Waals surface area contributed by atoms with Crippen molar-refractivity contribution in [1.82, 2.24) is 5.32 Å². The molecule has 1 saturated heterocycles. The third kappa shape index (κ3) is 2.69. The first-order valence-corrected chi connectivity index (χ1v) is 5.96. The molecule has 2 aliphatic rings. The molecule has 0 radical (unpaired) electrons. The van der Waals surface area contributed by atoms with Gasteiger partial charge in [-0.25, -0.2) is 0 Å². The average molecular weight is 212 g/mol. The quantitative estimate of drug-likeness (QED) is 0.702. The van der Waals surface area contributed by atoms with Gasteiger partial charge in [0.1, 0.15) is 6.10 Å². The molecule has 2 rings (SSSR count). The van der Waals surface area contributed by atoms with Gasteiger partial charge in [0, 0.05) is 12.6 Å². The second kappa shape index (κ2) is 4.94. The van der Waals surface area contributed by atoms with Crippen LogP contribution >= 0.6 is 0 Å². The summed E-state index contributed by atoms with van der Waals surface area (Å²) < 4.78 is 5.82. The van der Waals surface area contributed by atoms with Gasteiger partial charge in [0.25, 0.3) is 0 Å². The van der Waals surface area contributed by atoms with Crippen LogP contribution in [0.4, 0.5) is 0 Å². The van der Waals surface area contributed by atoms with Gasteiger partial charge < -0.3 is 15.8 Å². The van der Waals surface area contributed by atoms with Gasteiger partial charge in [-0.2, -0.15) is 0 Å². The molecule has 3 atom stereocenters. The van der Waals surface area contributed by atoms with E-state index in [2.05, 4.69) is 5.32 Å². The summed E-state index contributed by atoms with van der Waals surface area (Å²) in [4.78, 5) is 11.6. The lowest BCUT2D eigenvalue weighted by molar-refractivity contribution is -0.136. The maximum atomic E-state index is 11.6. The fourth-order valence-corrected chi connectivity index (χ4v) is 2.38. The molecular formula is C11H20N2O2. The van der Waals surface area contributed by atoms with Crippen LogP contribution in [0.2, 0.25) is 0 Å². The van der Waals surface area contributed by atoms with Gasteiger partial charge in [-0.3, -0.25) is 4.79 Å². The molecule has 86 valence electrons. The minimum Gasteiger partial charge on any atom is -0.364 e. The molecule has 0 aromatic heterocycles. The normalized spacial score (nSPS) is 37.4. The maximum absolute atomic E-state index is 11.6. The number of rotatable bonds is 2. The second-order valence-corrected chi connectivity index (χ2v) is 4.54. The Balaban J connectivity index is 1.88. The summed E-state index contributed by atoms with van der Waals surface area (Å²) >= 11 is 0. The molecule has 1 heterocycles. The van der Waals surface area contributed by atoms with Gasteiger partial charge in [0.05, 0.1) is 6.10 Å². The predicted molar refractivity (Wildman–Crippen MR) is 57.3 cm³/mol. The molecule has 2 fully saturated rings. The van der Waals surface area contributed by atoms with E-state index in [0.717, 1.165) is 45.1 Å². The Morgan fingerprint density at radius 3 is 2.80 bits per heavy atom. The third-order valence-electron chi connectivity index (χ3n) is 3.33. The lowest BCUT2D eigenvalue weighted by Gasteiger charge is -2.22. The van der Waals surface area contributed by atoms with Crippen LogP contribution in [0.25, 0.3) is 0 Å². The smallest absolute Gasteiger partial charge is 0.249 e. The summed E-state index contributed by atoms with van der Waals surface area (Å²) in [5, 5.41) is 2.88. The van der Waals surface area contributed by atoms with Crippen molar-refractivity contribution < 1.29 is 9.53 Å². The van der Waals surface area contributed by atoms with E-state index in [-0.39, 0.29) is 24.2 Å². The van der Waals surface area contributed by atoms with Crippen molar-refractivity contribution in [3.63, 3.8) is 0 Å². The van der Waals surface area contributed by atoms with E-state index < -0.39 is 0 Å². The summed E-state index contributed by atoms with van der Waals surface area (Å²) in [6.45, 7) is 0.787. The van der Waals surface area contributed by atoms with Gasteiger partial charge >= 0.3 is 0 Å². The Labute approximate surface area is 90.5 Å². The average Bonchev–Trinajstić information content (AvgIpc) is 2.50. The lowest BCUT2D eigenvalue weighted by Crippen LogP contribution is -2.41. The Morgan fingerprint density at radius 2 is 2.07 bits per heavy atom. The minimum absolute atomic E-state index is 0.0478. The third-order valence-corrected chi connectivity index (χ3v) is 3.33. The lowest BCUT2D eigenvalue weighted by atomic mass is 10.1. The number of carbonyl (C=O) groups excluding carboxylic acids is 1. The molecule has 1 aliphatic heterocycles. The van der Waals surface area contributed by atoms with E-state index in [1.165, 1.54) is 0 Å². The Bertz CT molecular complexity index is 233. The minimum atomic E-state index is -0.262. The highest BCUT2D eigenvalue weighted by molar-refractivity contribution is 5.80. The molecule has 3 unspecified atom stereocenters. The first-order valence-electron chi connectivity index (χ1n) is 5.96. The topological polar surface area (TPSA) is 64.3 Å². The predicted octanol–water partition coefficient (Wildman–Crippen LogP) is 0.551. The number of ether oxygens (including phenoxy) is 1. The Morgan fingerprint density at radius 1 is 1.20 bits per heavy atom. The molecule has 4 heteroatoms.